The van der Waals surface area contributed by atoms with E-state index in [4.69, 9.17) is 4.74 Å². The first kappa shape index (κ1) is 27.6. The van der Waals surface area contributed by atoms with Crippen LogP contribution in [0.25, 0.3) is 44.5 Å². The minimum absolute atomic E-state index is 0.231. The lowest BCUT2D eigenvalue weighted by Crippen LogP contribution is -2.39. The highest BCUT2D eigenvalue weighted by Gasteiger charge is 2.29. The molecular formula is C36H31FN4O3. The third-order valence-electron chi connectivity index (χ3n) is 8.41. The second-order valence-electron chi connectivity index (χ2n) is 11.1. The maximum Gasteiger partial charge on any atom is 0.253 e. The standard InChI is InChI=1S/C36H31FN4O3/c1-44-34-16-22-11-13-41-33(29(22)17-30(34)24-7-5-12-38-19-24)18-31(35(41)23-6-4-8-26(37)14-23)36(43)40-27(21-42)15-25-20-39-32-10-3-2-9-28(25)32/h2-10,12,14,16-20,27,39,42H,11,13,15,21H2,1H3,(H,40,43). The number of aromatic amines is 1. The number of methoxy groups -OCH3 is 1. The van der Waals surface area contributed by atoms with E-state index in [0.717, 1.165) is 50.2 Å². The van der Waals surface area contributed by atoms with E-state index in [0.29, 0.717) is 36.2 Å². The average molecular weight is 587 g/mol. The van der Waals surface area contributed by atoms with Crippen LogP contribution in [0.5, 0.6) is 5.75 Å². The molecule has 7 rings (SSSR count). The summed E-state index contributed by atoms with van der Waals surface area (Å²) >= 11 is 0. The molecule has 0 fully saturated rings. The lowest BCUT2D eigenvalue weighted by molar-refractivity contribution is 0.0917. The van der Waals surface area contributed by atoms with Gasteiger partial charge in [-0.05, 0) is 66.4 Å². The molecule has 3 aromatic carbocycles. The minimum atomic E-state index is -0.521. The first-order chi connectivity index (χ1) is 21.5. The van der Waals surface area contributed by atoms with Crippen molar-refractivity contribution in [3.63, 3.8) is 0 Å². The summed E-state index contributed by atoms with van der Waals surface area (Å²) in [6.45, 7) is 0.376. The third-order valence-corrected chi connectivity index (χ3v) is 8.41. The Balaban J connectivity index is 1.31. The first-order valence-electron chi connectivity index (χ1n) is 14.6. The van der Waals surface area contributed by atoms with Crippen molar-refractivity contribution in [1.82, 2.24) is 19.9 Å². The molecule has 44 heavy (non-hydrogen) atoms. The van der Waals surface area contributed by atoms with E-state index in [2.05, 4.69) is 32.0 Å². The second-order valence-corrected chi connectivity index (χ2v) is 11.1. The lowest BCUT2D eigenvalue weighted by Gasteiger charge is -2.24. The van der Waals surface area contributed by atoms with Gasteiger partial charge in [-0.25, -0.2) is 4.39 Å². The number of carbonyl (C=O) groups excluding carboxylic acids is 1. The molecule has 6 aromatic rings. The van der Waals surface area contributed by atoms with Gasteiger partial charge in [0.25, 0.3) is 5.91 Å². The monoisotopic (exact) mass is 586 g/mol. The van der Waals surface area contributed by atoms with Gasteiger partial charge in [-0.15, -0.1) is 0 Å². The molecule has 8 heteroatoms. The molecule has 0 saturated heterocycles. The quantitative estimate of drug-likeness (QED) is 0.192. The van der Waals surface area contributed by atoms with E-state index >= 15 is 0 Å². The molecule has 1 amide bonds. The SMILES string of the molecule is COc1cc2c(cc1-c1cccnc1)-c1cc(C(=O)NC(CO)Cc3c[nH]c4ccccc34)c(-c3cccc(F)c3)n1CC2. The molecule has 0 aliphatic carbocycles. The van der Waals surface area contributed by atoms with Crippen molar-refractivity contribution >= 4 is 16.8 Å². The van der Waals surface area contributed by atoms with E-state index in [9.17, 15) is 14.3 Å². The Morgan fingerprint density at radius 3 is 2.73 bits per heavy atom. The van der Waals surface area contributed by atoms with Crippen molar-refractivity contribution in [1.29, 1.82) is 0 Å². The number of nitrogens with zero attached hydrogens (tertiary/aromatic N) is 2. The van der Waals surface area contributed by atoms with Gasteiger partial charge >= 0.3 is 0 Å². The molecule has 4 heterocycles. The Kier molecular flexibility index (Phi) is 7.20. The molecule has 0 radical (unpaired) electrons. The zero-order chi connectivity index (χ0) is 30.2. The number of rotatable bonds is 8. The number of amides is 1. The summed E-state index contributed by atoms with van der Waals surface area (Å²) in [4.78, 5) is 21.6. The minimum Gasteiger partial charge on any atom is -0.496 e. The predicted molar refractivity (Wildman–Crippen MR) is 169 cm³/mol. The Morgan fingerprint density at radius 1 is 1.07 bits per heavy atom. The van der Waals surface area contributed by atoms with Crippen LogP contribution < -0.4 is 10.1 Å². The zero-order valence-electron chi connectivity index (χ0n) is 24.2. The summed E-state index contributed by atoms with van der Waals surface area (Å²) in [6.07, 6.45) is 6.61. The molecule has 1 aliphatic heterocycles. The predicted octanol–water partition coefficient (Wildman–Crippen LogP) is 6.40. The van der Waals surface area contributed by atoms with E-state index in [1.165, 1.54) is 12.1 Å². The van der Waals surface area contributed by atoms with Crippen molar-refractivity contribution in [2.24, 2.45) is 0 Å². The maximum absolute atomic E-state index is 14.5. The molecule has 0 spiro atoms. The maximum atomic E-state index is 14.5. The normalized spacial score (nSPS) is 12.9. The topological polar surface area (TPSA) is 92.2 Å². The van der Waals surface area contributed by atoms with Crippen LogP contribution >= 0.6 is 0 Å². The number of benzene rings is 3. The molecule has 1 unspecified atom stereocenters. The van der Waals surface area contributed by atoms with Gasteiger partial charge in [0.05, 0.1) is 31.0 Å². The Morgan fingerprint density at radius 2 is 1.93 bits per heavy atom. The number of aryl methyl sites for hydroxylation is 1. The van der Waals surface area contributed by atoms with Crippen LogP contribution in [-0.4, -0.2) is 45.3 Å². The summed E-state index contributed by atoms with van der Waals surface area (Å²) in [5.41, 5.74) is 8.44. The molecule has 7 nitrogen and oxygen atoms in total. The molecule has 0 saturated carbocycles. The number of H-pyrrole nitrogens is 1. The fourth-order valence-corrected chi connectivity index (χ4v) is 6.33. The molecule has 1 atom stereocenters. The summed E-state index contributed by atoms with van der Waals surface area (Å²) < 4.78 is 22.4. The first-order valence-corrected chi connectivity index (χ1v) is 14.6. The summed E-state index contributed by atoms with van der Waals surface area (Å²) in [6, 6.07) is 23.6. The van der Waals surface area contributed by atoms with Crippen molar-refractivity contribution in [3.05, 3.63) is 120 Å². The molecule has 1 aliphatic rings. The number of aliphatic hydroxyl groups excluding tert-OH is 1. The lowest BCUT2D eigenvalue weighted by atomic mass is 9.93. The van der Waals surface area contributed by atoms with Crippen molar-refractivity contribution < 1.29 is 19.0 Å². The van der Waals surface area contributed by atoms with Gasteiger partial charge in [-0.3, -0.25) is 9.78 Å². The molecule has 3 N–H and O–H groups in total. The Bertz CT molecular complexity index is 2000. The highest BCUT2D eigenvalue weighted by Crippen LogP contribution is 2.43. The van der Waals surface area contributed by atoms with Crippen LogP contribution in [0.4, 0.5) is 4.39 Å². The van der Waals surface area contributed by atoms with Gasteiger partial charge < -0.3 is 24.7 Å². The van der Waals surface area contributed by atoms with E-state index < -0.39 is 6.04 Å². The van der Waals surface area contributed by atoms with Gasteiger partial charge in [0, 0.05) is 64.0 Å². The smallest absolute Gasteiger partial charge is 0.253 e. The molecule has 0 bridgehead atoms. The number of aromatic nitrogens is 3. The molecular weight excluding hydrogens is 555 g/mol. The van der Waals surface area contributed by atoms with Crippen LogP contribution in [0, 0.1) is 5.82 Å². The van der Waals surface area contributed by atoms with Crippen LogP contribution in [-0.2, 0) is 19.4 Å². The van der Waals surface area contributed by atoms with Gasteiger partial charge in [-0.2, -0.15) is 0 Å². The number of pyridine rings is 1. The van der Waals surface area contributed by atoms with Gasteiger partial charge in [-0.1, -0.05) is 36.4 Å². The second kappa shape index (κ2) is 11.5. The molecule has 220 valence electrons. The van der Waals surface area contributed by atoms with Crippen LogP contribution in [0.1, 0.15) is 21.5 Å². The highest BCUT2D eigenvalue weighted by atomic mass is 19.1. The number of ether oxygens (including phenoxy) is 1. The number of aliphatic hydroxyl groups is 1. The average Bonchev–Trinajstić information content (AvgIpc) is 3.66. The summed E-state index contributed by atoms with van der Waals surface area (Å²) in [7, 11) is 1.66. The largest absolute Gasteiger partial charge is 0.496 e. The van der Waals surface area contributed by atoms with Gasteiger partial charge in [0.2, 0.25) is 0 Å². The number of fused-ring (bicyclic) bond motifs is 4. The van der Waals surface area contributed by atoms with Crippen LogP contribution in [0.15, 0.2) is 97.5 Å². The zero-order valence-corrected chi connectivity index (χ0v) is 24.2. The van der Waals surface area contributed by atoms with E-state index in [-0.39, 0.29) is 18.3 Å². The number of para-hydroxylation sites is 1. The van der Waals surface area contributed by atoms with Crippen molar-refractivity contribution in [3.8, 4) is 39.4 Å². The van der Waals surface area contributed by atoms with Crippen molar-refractivity contribution in [2.75, 3.05) is 13.7 Å². The Hall–Kier alpha value is -5.21. The number of halogens is 1. The van der Waals surface area contributed by atoms with Gasteiger partial charge in [0.1, 0.15) is 11.6 Å². The van der Waals surface area contributed by atoms with E-state index in [1.807, 2.05) is 54.7 Å². The number of carbonyl (C=O) groups is 1. The fourth-order valence-electron chi connectivity index (χ4n) is 6.33. The fraction of sp³-hybridized carbons (Fsp3) is 0.167. The summed E-state index contributed by atoms with van der Waals surface area (Å²) in [5.74, 6) is 0.0486. The van der Waals surface area contributed by atoms with Crippen LogP contribution in [0.2, 0.25) is 0 Å². The molecule has 3 aromatic heterocycles. The highest BCUT2D eigenvalue weighted by molar-refractivity contribution is 6.03. The van der Waals surface area contributed by atoms with E-state index in [1.54, 1.807) is 25.6 Å². The third kappa shape index (κ3) is 4.93. The van der Waals surface area contributed by atoms with Crippen molar-refractivity contribution in [2.45, 2.75) is 25.4 Å². The summed E-state index contributed by atoms with van der Waals surface area (Å²) in [5, 5.41) is 14.4. The number of nitrogens with one attached hydrogen (secondary N) is 2. The number of hydrogen-bond donors (Lipinski definition) is 3. The van der Waals surface area contributed by atoms with Gasteiger partial charge in [0.15, 0.2) is 0 Å². The number of hydrogen-bond acceptors (Lipinski definition) is 4. The van der Waals surface area contributed by atoms with Crippen LogP contribution in [0.3, 0.4) is 0 Å². The Labute approximate surface area is 254 Å².